The molecule has 0 bridgehead atoms. The average Bonchev–Trinajstić information content (AvgIpc) is 2.59. The van der Waals surface area contributed by atoms with Gasteiger partial charge in [-0.1, -0.05) is 12.1 Å². The number of carbonyl (C=O) groups excluding carboxylic acids is 1. The normalized spacial score (nSPS) is 17.0. The number of hydrogen-bond acceptors (Lipinski definition) is 5. The average molecular weight is 402 g/mol. The molecule has 3 rings (SSSR count). The maximum absolute atomic E-state index is 13.0. The fourth-order valence-corrected chi connectivity index (χ4v) is 3.99. The fraction of sp³-hybridized carbons (Fsp3) is 0.188. The van der Waals surface area contributed by atoms with Crippen LogP contribution in [0.4, 0.5) is 18.9 Å². The Morgan fingerprint density at radius 1 is 1.15 bits per heavy atom. The standard InChI is InChI=1S/C16H13F3N2O5S/c17-16(18,19)26-10-5-7-11(8-6-10)27(23,24)21-9-14(15(20)22)25-13-4-2-1-3-12(13)21/h1-8,14H,9H2,(H2,20,22)/t14-/m0/s1. The van der Waals surface area contributed by atoms with Gasteiger partial charge in [0.15, 0.2) is 6.10 Å². The van der Waals surface area contributed by atoms with Gasteiger partial charge < -0.3 is 15.2 Å². The summed E-state index contributed by atoms with van der Waals surface area (Å²) in [6.07, 6.45) is -6.10. The van der Waals surface area contributed by atoms with Crippen LogP contribution in [0.2, 0.25) is 0 Å². The molecule has 2 aromatic carbocycles. The number of carbonyl (C=O) groups is 1. The van der Waals surface area contributed by atoms with Crippen molar-refractivity contribution in [1.82, 2.24) is 0 Å². The predicted molar refractivity (Wildman–Crippen MR) is 87.7 cm³/mol. The zero-order valence-corrected chi connectivity index (χ0v) is 14.3. The summed E-state index contributed by atoms with van der Waals surface area (Å²) < 4.78 is 72.7. The van der Waals surface area contributed by atoms with Crippen LogP contribution in [0, 0.1) is 0 Å². The Kier molecular flexibility index (Phi) is 4.64. The molecular weight excluding hydrogens is 389 g/mol. The molecule has 7 nitrogen and oxygen atoms in total. The molecule has 0 saturated carbocycles. The lowest BCUT2D eigenvalue weighted by molar-refractivity contribution is -0.274. The third-order valence-electron chi connectivity index (χ3n) is 3.70. The molecule has 2 N–H and O–H groups in total. The number of primary amides is 1. The van der Waals surface area contributed by atoms with E-state index in [1.54, 1.807) is 12.1 Å². The van der Waals surface area contributed by atoms with E-state index in [4.69, 9.17) is 10.5 Å². The Balaban J connectivity index is 1.97. The molecule has 1 aliphatic rings. The van der Waals surface area contributed by atoms with Gasteiger partial charge in [-0.2, -0.15) is 0 Å². The molecule has 0 fully saturated rings. The molecule has 11 heteroatoms. The topological polar surface area (TPSA) is 98.9 Å². The molecule has 0 spiro atoms. The van der Waals surface area contributed by atoms with Gasteiger partial charge in [0.1, 0.15) is 11.5 Å². The van der Waals surface area contributed by atoms with E-state index in [1.165, 1.54) is 12.1 Å². The number of ether oxygens (including phenoxy) is 2. The summed E-state index contributed by atoms with van der Waals surface area (Å²) in [4.78, 5) is 11.2. The summed E-state index contributed by atoms with van der Waals surface area (Å²) in [6, 6.07) is 9.86. The van der Waals surface area contributed by atoms with Gasteiger partial charge in [-0.05, 0) is 36.4 Å². The van der Waals surface area contributed by atoms with Crippen LogP contribution >= 0.6 is 0 Å². The van der Waals surface area contributed by atoms with E-state index in [-0.39, 0.29) is 22.9 Å². The minimum Gasteiger partial charge on any atom is -0.476 e. The van der Waals surface area contributed by atoms with E-state index in [0.717, 1.165) is 28.6 Å². The number of anilines is 1. The van der Waals surface area contributed by atoms with Crippen molar-refractivity contribution in [2.24, 2.45) is 5.73 Å². The van der Waals surface area contributed by atoms with Crippen LogP contribution in [0.3, 0.4) is 0 Å². The number of nitrogens with two attached hydrogens (primary N) is 1. The van der Waals surface area contributed by atoms with Crippen LogP contribution in [0.1, 0.15) is 0 Å². The van der Waals surface area contributed by atoms with Crippen LogP contribution in [-0.4, -0.2) is 33.3 Å². The highest BCUT2D eigenvalue weighted by molar-refractivity contribution is 7.92. The van der Waals surface area contributed by atoms with Crippen molar-refractivity contribution >= 4 is 21.6 Å². The van der Waals surface area contributed by atoms with E-state index < -0.39 is 34.1 Å². The first-order chi connectivity index (χ1) is 12.6. The summed E-state index contributed by atoms with van der Waals surface area (Å²) in [7, 11) is -4.19. The molecular formula is C16H13F3N2O5S. The van der Waals surface area contributed by atoms with Gasteiger partial charge in [0.2, 0.25) is 0 Å². The second kappa shape index (κ2) is 6.65. The van der Waals surface area contributed by atoms with Crippen molar-refractivity contribution in [2.75, 3.05) is 10.8 Å². The first kappa shape index (κ1) is 18.8. The number of amides is 1. The lowest BCUT2D eigenvalue weighted by Gasteiger charge is -2.34. The Hall–Kier alpha value is -2.95. The summed E-state index contributed by atoms with van der Waals surface area (Å²) >= 11 is 0. The van der Waals surface area contributed by atoms with E-state index in [1.807, 2.05) is 0 Å². The van der Waals surface area contributed by atoms with Crippen molar-refractivity contribution in [3.63, 3.8) is 0 Å². The van der Waals surface area contributed by atoms with Crippen LogP contribution < -0.4 is 19.5 Å². The summed E-state index contributed by atoms with van der Waals surface area (Å²) in [5, 5.41) is 0. The Morgan fingerprint density at radius 2 is 1.78 bits per heavy atom. The third-order valence-corrected chi connectivity index (χ3v) is 5.49. The number of hydrogen-bond donors (Lipinski definition) is 1. The van der Waals surface area contributed by atoms with Gasteiger partial charge in [0.25, 0.3) is 15.9 Å². The number of rotatable bonds is 4. The monoisotopic (exact) mass is 402 g/mol. The SMILES string of the molecule is NC(=O)[C@@H]1CN(S(=O)(=O)c2ccc(OC(F)(F)F)cc2)c2ccccc2O1. The highest BCUT2D eigenvalue weighted by Crippen LogP contribution is 2.37. The van der Waals surface area contributed by atoms with Crippen molar-refractivity contribution in [3.05, 3.63) is 48.5 Å². The molecule has 0 radical (unpaired) electrons. The second-order valence-corrected chi connectivity index (χ2v) is 7.39. The van der Waals surface area contributed by atoms with Crippen LogP contribution in [0.25, 0.3) is 0 Å². The van der Waals surface area contributed by atoms with Gasteiger partial charge in [-0.3, -0.25) is 9.10 Å². The Labute approximate surface area is 152 Å². The maximum atomic E-state index is 13.0. The fourth-order valence-electron chi connectivity index (χ4n) is 2.52. The van der Waals surface area contributed by atoms with Crippen LogP contribution in [-0.2, 0) is 14.8 Å². The summed E-state index contributed by atoms with van der Waals surface area (Å²) in [6.45, 7) is -0.366. The number of sulfonamides is 1. The van der Waals surface area contributed by atoms with Crippen molar-refractivity contribution < 1.29 is 35.9 Å². The second-order valence-electron chi connectivity index (χ2n) is 5.53. The zero-order chi connectivity index (χ0) is 19.8. The molecule has 1 atom stereocenters. The van der Waals surface area contributed by atoms with Crippen LogP contribution in [0.5, 0.6) is 11.5 Å². The molecule has 2 aromatic rings. The minimum atomic E-state index is -4.89. The van der Waals surface area contributed by atoms with E-state index in [0.29, 0.717) is 0 Å². The highest BCUT2D eigenvalue weighted by atomic mass is 32.2. The largest absolute Gasteiger partial charge is 0.573 e. The van der Waals surface area contributed by atoms with Gasteiger partial charge in [0, 0.05) is 0 Å². The van der Waals surface area contributed by atoms with Gasteiger partial charge in [-0.25, -0.2) is 8.42 Å². The van der Waals surface area contributed by atoms with Gasteiger partial charge in [0.05, 0.1) is 17.1 Å². The van der Waals surface area contributed by atoms with E-state index in [2.05, 4.69) is 4.74 Å². The van der Waals surface area contributed by atoms with Gasteiger partial charge in [-0.15, -0.1) is 13.2 Å². The number of alkyl halides is 3. The number of para-hydroxylation sites is 2. The van der Waals surface area contributed by atoms with E-state index >= 15 is 0 Å². The number of benzene rings is 2. The smallest absolute Gasteiger partial charge is 0.476 e. The highest BCUT2D eigenvalue weighted by Gasteiger charge is 2.37. The molecule has 1 heterocycles. The first-order valence-corrected chi connectivity index (χ1v) is 8.95. The maximum Gasteiger partial charge on any atom is 0.573 e. The first-order valence-electron chi connectivity index (χ1n) is 7.51. The molecule has 1 aliphatic heterocycles. The molecule has 0 aliphatic carbocycles. The van der Waals surface area contributed by atoms with Crippen LogP contribution in [0.15, 0.2) is 53.4 Å². The Bertz CT molecular complexity index is 961. The minimum absolute atomic E-state index is 0.146. The number of fused-ring (bicyclic) bond motifs is 1. The molecule has 0 unspecified atom stereocenters. The molecule has 27 heavy (non-hydrogen) atoms. The molecule has 1 amide bonds. The molecule has 0 aromatic heterocycles. The van der Waals surface area contributed by atoms with E-state index in [9.17, 15) is 26.4 Å². The number of nitrogens with zero attached hydrogens (tertiary/aromatic N) is 1. The molecule has 0 saturated heterocycles. The predicted octanol–water partition coefficient (Wildman–Crippen LogP) is 2.03. The zero-order valence-electron chi connectivity index (χ0n) is 13.5. The number of halogens is 3. The third kappa shape index (κ3) is 3.92. The Morgan fingerprint density at radius 3 is 2.37 bits per heavy atom. The summed E-state index contributed by atoms with van der Waals surface area (Å²) in [5.41, 5.74) is 5.42. The van der Waals surface area contributed by atoms with Gasteiger partial charge >= 0.3 is 6.36 Å². The molecule has 144 valence electrons. The lowest BCUT2D eigenvalue weighted by atomic mass is 10.2. The van der Waals surface area contributed by atoms with Crippen molar-refractivity contribution in [3.8, 4) is 11.5 Å². The van der Waals surface area contributed by atoms with Crippen molar-refractivity contribution in [1.29, 1.82) is 0 Å². The quantitative estimate of drug-likeness (QED) is 0.844. The van der Waals surface area contributed by atoms with Crippen molar-refractivity contribution in [2.45, 2.75) is 17.4 Å². The summed E-state index contributed by atoms with van der Waals surface area (Å²) in [5.74, 6) is -1.26. The lowest BCUT2D eigenvalue weighted by Crippen LogP contribution is -2.49.